The van der Waals surface area contributed by atoms with E-state index in [0.29, 0.717) is 0 Å². The van der Waals surface area contributed by atoms with Gasteiger partial charge in [0.05, 0.1) is 0 Å². The van der Waals surface area contributed by atoms with E-state index in [0.717, 1.165) is 31.5 Å². The molecule has 0 unspecified atom stereocenters. The SMILES string of the molecule is C=C1CCN(C(=O)/C=C/c2ccc(C(C)(C)C)cc2)CC1. The van der Waals surface area contributed by atoms with Gasteiger partial charge in [-0.1, -0.05) is 57.2 Å². The highest BCUT2D eigenvalue weighted by molar-refractivity contribution is 5.91. The average molecular weight is 283 g/mol. The minimum absolute atomic E-state index is 0.0994. The van der Waals surface area contributed by atoms with Gasteiger partial charge in [-0.25, -0.2) is 0 Å². The van der Waals surface area contributed by atoms with Crippen molar-refractivity contribution >= 4 is 12.0 Å². The van der Waals surface area contributed by atoms with Gasteiger partial charge >= 0.3 is 0 Å². The van der Waals surface area contributed by atoms with E-state index in [9.17, 15) is 4.79 Å². The third kappa shape index (κ3) is 4.32. The maximum atomic E-state index is 12.1. The molecule has 1 saturated heterocycles. The quantitative estimate of drug-likeness (QED) is 0.589. The zero-order chi connectivity index (χ0) is 15.5. The van der Waals surface area contributed by atoms with Crippen molar-refractivity contribution < 1.29 is 4.79 Å². The van der Waals surface area contributed by atoms with Crippen molar-refractivity contribution in [3.63, 3.8) is 0 Å². The Morgan fingerprint density at radius 3 is 2.24 bits per heavy atom. The van der Waals surface area contributed by atoms with Crippen LogP contribution in [0.4, 0.5) is 0 Å². The third-order valence-electron chi connectivity index (χ3n) is 3.98. The second kappa shape index (κ2) is 6.30. The van der Waals surface area contributed by atoms with Crippen molar-refractivity contribution in [2.75, 3.05) is 13.1 Å². The third-order valence-corrected chi connectivity index (χ3v) is 3.98. The van der Waals surface area contributed by atoms with Crippen molar-refractivity contribution in [2.24, 2.45) is 0 Å². The molecule has 1 heterocycles. The number of amides is 1. The lowest BCUT2D eigenvalue weighted by molar-refractivity contribution is -0.126. The Labute approximate surface area is 128 Å². The van der Waals surface area contributed by atoms with Crippen LogP contribution in [0.15, 0.2) is 42.5 Å². The van der Waals surface area contributed by atoms with Gasteiger partial charge in [0.1, 0.15) is 0 Å². The summed E-state index contributed by atoms with van der Waals surface area (Å²) in [7, 11) is 0. The molecule has 1 aromatic carbocycles. The number of piperidine rings is 1. The Hall–Kier alpha value is -1.83. The summed E-state index contributed by atoms with van der Waals surface area (Å²) in [5, 5.41) is 0. The van der Waals surface area contributed by atoms with Crippen LogP contribution < -0.4 is 0 Å². The molecule has 0 radical (unpaired) electrons. The molecule has 1 aliphatic heterocycles. The maximum absolute atomic E-state index is 12.1. The smallest absolute Gasteiger partial charge is 0.246 e. The van der Waals surface area contributed by atoms with Crippen LogP contribution in [0.2, 0.25) is 0 Å². The van der Waals surface area contributed by atoms with E-state index in [1.165, 1.54) is 11.1 Å². The van der Waals surface area contributed by atoms with Gasteiger partial charge in [-0.05, 0) is 35.5 Å². The number of rotatable bonds is 2. The minimum atomic E-state index is 0.0994. The second-order valence-corrected chi connectivity index (χ2v) is 6.78. The van der Waals surface area contributed by atoms with Gasteiger partial charge < -0.3 is 4.90 Å². The number of hydrogen-bond acceptors (Lipinski definition) is 1. The normalized spacial score (nSPS) is 16.5. The Morgan fingerprint density at radius 1 is 1.14 bits per heavy atom. The molecule has 1 aliphatic rings. The topological polar surface area (TPSA) is 20.3 Å². The van der Waals surface area contributed by atoms with Crippen LogP contribution in [-0.2, 0) is 10.2 Å². The summed E-state index contributed by atoms with van der Waals surface area (Å²) in [6.45, 7) is 12.2. The monoisotopic (exact) mass is 283 g/mol. The maximum Gasteiger partial charge on any atom is 0.246 e. The summed E-state index contributed by atoms with van der Waals surface area (Å²) in [6.07, 6.45) is 5.44. The van der Waals surface area contributed by atoms with E-state index >= 15 is 0 Å². The van der Waals surface area contributed by atoms with Gasteiger partial charge in [-0.2, -0.15) is 0 Å². The Bertz CT molecular complexity index is 536. The van der Waals surface area contributed by atoms with Gasteiger partial charge in [0.25, 0.3) is 0 Å². The largest absolute Gasteiger partial charge is 0.339 e. The molecule has 1 aromatic rings. The van der Waals surface area contributed by atoms with Gasteiger partial charge in [0, 0.05) is 19.2 Å². The highest BCUT2D eigenvalue weighted by atomic mass is 16.2. The van der Waals surface area contributed by atoms with E-state index in [1.54, 1.807) is 6.08 Å². The van der Waals surface area contributed by atoms with Crippen LogP contribution in [-0.4, -0.2) is 23.9 Å². The summed E-state index contributed by atoms with van der Waals surface area (Å²) in [6, 6.07) is 8.41. The first kappa shape index (κ1) is 15.6. The first-order valence-corrected chi connectivity index (χ1v) is 7.60. The zero-order valence-corrected chi connectivity index (χ0v) is 13.4. The molecule has 2 nitrogen and oxygen atoms in total. The lowest BCUT2D eigenvalue weighted by Gasteiger charge is -2.26. The number of hydrogen-bond donors (Lipinski definition) is 0. The van der Waals surface area contributed by atoms with Crippen molar-refractivity contribution in [1.82, 2.24) is 4.90 Å². The van der Waals surface area contributed by atoms with Gasteiger partial charge in [0.15, 0.2) is 0 Å². The molecule has 2 rings (SSSR count). The summed E-state index contributed by atoms with van der Waals surface area (Å²) >= 11 is 0. The highest BCUT2D eigenvalue weighted by Gasteiger charge is 2.16. The molecule has 0 atom stereocenters. The molecule has 0 saturated carbocycles. The van der Waals surface area contributed by atoms with Crippen LogP contribution in [0.1, 0.15) is 44.7 Å². The summed E-state index contributed by atoms with van der Waals surface area (Å²) in [4.78, 5) is 14.0. The number of carbonyl (C=O) groups is 1. The predicted molar refractivity (Wildman–Crippen MR) is 89.1 cm³/mol. The van der Waals surface area contributed by atoms with Crippen molar-refractivity contribution in [3.8, 4) is 0 Å². The van der Waals surface area contributed by atoms with Crippen LogP contribution >= 0.6 is 0 Å². The number of likely N-dealkylation sites (tertiary alicyclic amines) is 1. The fourth-order valence-corrected chi connectivity index (χ4v) is 2.41. The van der Waals surface area contributed by atoms with Crippen LogP contribution in [0.5, 0.6) is 0 Å². The van der Waals surface area contributed by atoms with E-state index in [2.05, 4.69) is 51.6 Å². The molecular formula is C19H25NO. The van der Waals surface area contributed by atoms with Gasteiger partial charge in [0.2, 0.25) is 5.91 Å². The molecule has 21 heavy (non-hydrogen) atoms. The zero-order valence-electron chi connectivity index (χ0n) is 13.4. The molecule has 1 fully saturated rings. The number of nitrogens with zero attached hydrogens (tertiary/aromatic N) is 1. The van der Waals surface area contributed by atoms with Crippen LogP contribution in [0, 0.1) is 0 Å². The molecular weight excluding hydrogens is 258 g/mol. The molecule has 0 spiro atoms. The van der Waals surface area contributed by atoms with Gasteiger partial charge in [-0.3, -0.25) is 4.79 Å². The van der Waals surface area contributed by atoms with E-state index < -0.39 is 0 Å². The summed E-state index contributed by atoms with van der Waals surface area (Å²) in [5.41, 5.74) is 3.79. The standard InChI is InChI=1S/C19H25NO/c1-15-11-13-20(14-12-15)18(21)10-7-16-5-8-17(9-6-16)19(2,3)4/h5-10H,1,11-14H2,2-4H3/b10-7+. The number of carbonyl (C=O) groups excluding carboxylic acids is 1. The Kier molecular flexibility index (Phi) is 4.66. The van der Waals surface area contributed by atoms with Crippen molar-refractivity contribution in [2.45, 2.75) is 39.0 Å². The van der Waals surface area contributed by atoms with Crippen molar-refractivity contribution in [3.05, 3.63) is 53.6 Å². The number of benzene rings is 1. The first-order chi connectivity index (χ1) is 9.86. The molecule has 0 aliphatic carbocycles. The Balaban J connectivity index is 1.97. The van der Waals surface area contributed by atoms with E-state index in [1.807, 2.05) is 11.0 Å². The fourth-order valence-electron chi connectivity index (χ4n) is 2.41. The van der Waals surface area contributed by atoms with Crippen LogP contribution in [0.3, 0.4) is 0 Å². The molecule has 0 aromatic heterocycles. The summed E-state index contributed by atoms with van der Waals surface area (Å²) < 4.78 is 0. The lowest BCUT2D eigenvalue weighted by atomic mass is 9.87. The minimum Gasteiger partial charge on any atom is -0.339 e. The molecule has 2 heteroatoms. The van der Waals surface area contributed by atoms with Gasteiger partial charge in [-0.15, -0.1) is 0 Å². The van der Waals surface area contributed by atoms with E-state index in [-0.39, 0.29) is 11.3 Å². The average Bonchev–Trinajstić information content (AvgIpc) is 2.45. The highest BCUT2D eigenvalue weighted by Crippen LogP contribution is 2.22. The Morgan fingerprint density at radius 2 is 1.71 bits per heavy atom. The molecule has 1 amide bonds. The lowest BCUT2D eigenvalue weighted by Crippen LogP contribution is -2.34. The predicted octanol–water partition coefficient (Wildman–Crippen LogP) is 4.18. The second-order valence-electron chi connectivity index (χ2n) is 6.78. The summed E-state index contributed by atoms with van der Waals surface area (Å²) in [5.74, 6) is 0.0994. The fraction of sp³-hybridized carbons (Fsp3) is 0.421. The van der Waals surface area contributed by atoms with Crippen LogP contribution in [0.25, 0.3) is 6.08 Å². The van der Waals surface area contributed by atoms with E-state index in [4.69, 9.17) is 0 Å². The first-order valence-electron chi connectivity index (χ1n) is 7.60. The van der Waals surface area contributed by atoms with Crippen molar-refractivity contribution in [1.29, 1.82) is 0 Å². The molecule has 112 valence electrons. The molecule has 0 N–H and O–H groups in total. The molecule has 0 bridgehead atoms.